The van der Waals surface area contributed by atoms with Crippen molar-refractivity contribution in [3.8, 4) is 0 Å². The summed E-state index contributed by atoms with van der Waals surface area (Å²) in [5.74, 6) is -0.685. The van der Waals surface area contributed by atoms with Gasteiger partial charge in [0.05, 0.1) is 0 Å². The molecule has 96 valence electrons. The molecule has 1 amide bonds. The molecule has 0 atom stereocenters. The molecular weight excluding hydrogens is 243 g/mol. The first-order chi connectivity index (χ1) is 9.15. The zero-order valence-corrected chi connectivity index (χ0v) is 10.4. The van der Waals surface area contributed by atoms with Gasteiger partial charge < -0.3 is 5.32 Å². The van der Waals surface area contributed by atoms with E-state index in [1.165, 1.54) is 18.2 Å². The summed E-state index contributed by atoms with van der Waals surface area (Å²) in [6.07, 6.45) is 6.35. The molecule has 1 heterocycles. The predicted molar refractivity (Wildman–Crippen MR) is 73.0 cm³/mol. The van der Waals surface area contributed by atoms with Crippen LogP contribution in [0.4, 0.5) is 10.1 Å². The number of aryl methyl sites for hydroxylation is 1. The van der Waals surface area contributed by atoms with Crippen LogP contribution in [0.5, 0.6) is 0 Å². The Morgan fingerprint density at radius 3 is 2.95 bits per heavy atom. The molecule has 0 radical (unpaired) electrons. The molecule has 19 heavy (non-hydrogen) atoms. The lowest BCUT2D eigenvalue weighted by atomic mass is 10.2. The number of rotatable bonds is 3. The molecule has 0 aliphatic rings. The number of nitrogens with one attached hydrogen (secondary N) is 1. The third-order valence-electron chi connectivity index (χ3n) is 2.57. The van der Waals surface area contributed by atoms with Crippen molar-refractivity contribution in [2.75, 3.05) is 5.32 Å². The highest BCUT2D eigenvalue weighted by molar-refractivity contribution is 6.02. The van der Waals surface area contributed by atoms with E-state index in [4.69, 9.17) is 0 Å². The first-order valence-electron chi connectivity index (χ1n) is 5.80. The molecule has 0 saturated carbocycles. The Kier molecular flexibility index (Phi) is 4.03. The number of pyridine rings is 1. The van der Waals surface area contributed by atoms with Crippen LogP contribution < -0.4 is 5.32 Å². The highest BCUT2D eigenvalue weighted by Crippen LogP contribution is 2.15. The van der Waals surface area contributed by atoms with E-state index in [9.17, 15) is 9.18 Å². The fourth-order valence-corrected chi connectivity index (χ4v) is 1.55. The van der Waals surface area contributed by atoms with Crippen molar-refractivity contribution in [2.24, 2.45) is 0 Å². The summed E-state index contributed by atoms with van der Waals surface area (Å²) in [4.78, 5) is 15.6. The summed E-state index contributed by atoms with van der Waals surface area (Å²) < 4.78 is 13.1. The predicted octanol–water partition coefficient (Wildman–Crippen LogP) is 3.18. The Labute approximate surface area is 110 Å². The average molecular weight is 256 g/mol. The van der Waals surface area contributed by atoms with Crippen LogP contribution in [0.15, 0.2) is 48.8 Å². The summed E-state index contributed by atoms with van der Waals surface area (Å²) in [5.41, 5.74) is 2.11. The maximum absolute atomic E-state index is 13.1. The van der Waals surface area contributed by atoms with Gasteiger partial charge in [-0.15, -0.1) is 0 Å². The molecule has 0 aliphatic carbocycles. The van der Waals surface area contributed by atoms with Crippen LogP contribution in [0.1, 0.15) is 11.1 Å². The second-order valence-corrected chi connectivity index (χ2v) is 4.07. The van der Waals surface area contributed by atoms with Crippen LogP contribution in [0, 0.1) is 12.7 Å². The monoisotopic (exact) mass is 256 g/mol. The quantitative estimate of drug-likeness (QED) is 0.857. The van der Waals surface area contributed by atoms with E-state index in [-0.39, 0.29) is 11.7 Å². The number of carbonyl (C=O) groups is 1. The number of halogens is 1. The zero-order chi connectivity index (χ0) is 13.7. The molecule has 0 bridgehead atoms. The van der Waals surface area contributed by atoms with Crippen molar-refractivity contribution in [3.63, 3.8) is 0 Å². The third kappa shape index (κ3) is 3.74. The van der Waals surface area contributed by atoms with Gasteiger partial charge in [-0.25, -0.2) is 4.39 Å². The van der Waals surface area contributed by atoms with Crippen molar-refractivity contribution in [3.05, 3.63) is 65.7 Å². The van der Waals surface area contributed by atoms with E-state index < -0.39 is 0 Å². The van der Waals surface area contributed by atoms with Crippen LogP contribution in [0.25, 0.3) is 6.08 Å². The topological polar surface area (TPSA) is 42.0 Å². The summed E-state index contributed by atoms with van der Waals surface area (Å²) in [6, 6.07) is 7.90. The number of carbonyl (C=O) groups excluding carboxylic acids is 1. The van der Waals surface area contributed by atoms with E-state index in [0.29, 0.717) is 5.69 Å². The van der Waals surface area contributed by atoms with Gasteiger partial charge in [0.2, 0.25) is 5.91 Å². The van der Waals surface area contributed by atoms with Gasteiger partial charge in [-0.2, -0.15) is 0 Å². The van der Waals surface area contributed by atoms with Crippen LogP contribution in [0.2, 0.25) is 0 Å². The van der Waals surface area contributed by atoms with Crippen molar-refractivity contribution in [1.29, 1.82) is 0 Å². The van der Waals surface area contributed by atoms with Crippen molar-refractivity contribution in [1.82, 2.24) is 4.98 Å². The highest BCUT2D eigenvalue weighted by atomic mass is 19.1. The van der Waals surface area contributed by atoms with Crippen molar-refractivity contribution >= 4 is 17.7 Å². The summed E-state index contributed by atoms with van der Waals surface area (Å²) >= 11 is 0. The Balaban J connectivity index is 2.06. The molecule has 3 nitrogen and oxygen atoms in total. The largest absolute Gasteiger partial charge is 0.322 e. The average Bonchev–Trinajstić information content (AvgIpc) is 2.42. The maximum atomic E-state index is 13.1. The summed E-state index contributed by atoms with van der Waals surface area (Å²) in [7, 11) is 0. The molecular formula is C15H13FN2O. The molecule has 0 fully saturated rings. The van der Waals surface area contributed by atoms with Gasteiger partial charge >= 0.3 is 0 Å². The van der Waals surface area contributed by atoms with Gasteiger partial charge in [0, 0.05) is 24.2 Å². The minimum Gasteiger partial charge on any atom is -0.322 e. The fraction of sp³-hybridized carbons (Fsp3) is 0.0667. The Morgan fingerprint density at radius 1 is 1.37 bits per heavy atom. The number of amides is 1. The number of hydrogen-bond donors (Lipinski definition) is 1. The first-order valence-corrected chi connectivity index (χ1v) is 5.80. The molecule has 0 aliphatic heterocycles. The number of anilines is 1. The Hall–Kier alpha value is -2.49. The molecule has 2 rings (SSSR count). The molecule has 1 N–H and O–H groups in total. The summed E-state index contributed by atoms with van der Waals surface area (Å²) in [5, 5.41) is 2.64. The first kappa shape index (κ1) is 13.0. The third-order valence-corrected chi connectivity index (χ3v) is 2.57. The normalized spacial score (nSPS) is 10.6. The fourth-order valence-electron chi connectivity index (χ4n) is 1.55. The summed E-state index contributed by atoms with van der Waals surface area (Å²) in [6.45, 7) is 1.81. The Bertz CT molecular complexity index is 609. The van der Waals surface area contributed by atoms with Crippen LogP contribution >= 0.6 is 0 Å². The lowest BCUT2D eigenvalue weighted by Crippen LogP contribution is -2.09. The van der Waals surface area contributed by atoms with E-state index >= 15 is 0 Å². The van der Waals surface area contributed by atoms with Gasteiger partial charge in [-0.1, -0.05) is 12.1 Å². The van der Waals surface area contributed by atoms with Crippen LogP contribution in [-0.4, -0.2) is 10.9 Å². The smallest absolute Gasteiger partial charge is 0.248 e. The van der Waals surface area contributed by atoms with E-state index in [1.54, 1.807) is 37.5 Å². The van der Waals surface area contributed by atoms with E-state index in [0.717, 1.165) is 11.1 Å². The second-order valence-electron chi connectivity index (χ2n) is 4.07. The molecule has 1 aromatic carbocycles. The molecule has 0 saturated heterocycles. The van der Waals surface area contributed by atoms with Gasteiger partial charge in [-0.05, 0) is 42.3 Å². The molecule has 2 aromatic rings. The lowest BCUT2D eigenvalue weighted by molar-refractivity contribution is -0.111. The van der Waals surface area contributed by atoms with Gasteiger partial charge in [0.25, 0.3) is 0 Å². The van der Waals surface area contributed by atoms with Crippen molar-refractivity contribution < 1.29 is 9.18 Å². The Morgan fingerprint density at radius 2 is 2.21 bits per heavy atom. The SMILES string of the molecule is Cc1ccc(F)cc1NC(=O)/C=C\c1cccnc1. The highest BCUT2D eigenvalue weighted by Gasteiger charge is 2.03. The van der Waals surface area contributed by atoms with E-state index in [2.05, 4.69) is 10.3 Å². The van der Waals surface area contributed by atoms with Crippen LogP contribution in [0.3, 0.4) is 0 Å². The van der Waals surface area contributed by atoms with Gasteiger partial charge in [0.15, 0.2) is 0 Å². The number of nitrogens with zero attached hydrogens (tertiary/aromatic N) is 1. The lowest BCUT2D eigenvalue weighted by Gasteiger charge is -2.05. The van der Waals surface area contributed by atoms with Gasteiger partial charge in [-0.3, -0.25) is 9.78 Å². The minimum atomic E-state index is -0.378. The molecule has 4 heteroatoms. The van der Waals surface area contributed by atoms with E-state index in [1.807, 2.05) is 6.07 Å². The zero-order valence-electron chi connectivity index (χ0n) is 10.4. The minimum absolute atomic E-state index is 0.308. The van der Waals surface area contributed by atoms with Crippen LogP contribution in [-0.2, 0) is 4.79 Å². The number of hydrogen-bond acceptors (Lipinski definition) is 2. The van der Waals surface area contributed by atoms with Crippen molar-refractivity contribution in [2.45, 2.75) is 6.92 Å². The molecule has 1 aromatic heterocycles. The standard InChI is InChI=1S/C15H13FN2O/c1-11-4-6-13(16)9-14(11)18-15(19)7-5-12-3-2-8-17-10-12/h2-10H,1H3,(H,18,19)/b7-5-. The number of benzene rings is 1. The maximum Gasteiger partial charge on any atom is 0.248 e. The van der Waals surface area contributed by atoms with Gasteiger partial charge in [0.1, 0.15) is 5.82 Å². The second kappa shape index (κ2) is 5.91. The molecule has 0 unspecified atom stereocenters. The number of aromatic nitrogens is 1. The molecule has 0 spiro atoms.